The highest BCUT2D eigenvalue weighted by Gasteiger charge is 2.44. The van der Waals surface area contributed by atoms with Crippen LogP contribution in [0.25, 0.3) is 38.7 Å². The first-order valence-electron chi connectivity index (χ1n) is 22.8. The fourth-order valence-corrected chi connectivity index (χ4v) is 9.87. The minimum atomic E-state index is -1.94. The lowest BCUT2D eigenvalue weighted by Gasteiger charge is -2.38. The summed E-state index contributed by atoms with van der Waals surface area (Å²) in [5.74, 6) is -6.61. The molecule has 5 N–H and O–H groups in total. The fraction of sp³-hybridized carbons (Fsp3) is 0.500. The summed E-state index contributed by atoms with van der Waals surface area (Å²) in [5.41, 5.74) is 0.345. The van der Waals surface area contributed by atoms with E-state index in [-0.39, 0.29) is 60.8 Å². The average molecular weight is 943 g/mol. The Bertz CT molecular complexity index is 2870. The van der Waals surface area contributed by atoms with E-state index >= 15 is 0 Å². The van der Waals surface area contributed by atoms with E-state index in [0.29, 0.717) is 4.51 Å². The number of rotatable bonds is 5. The van der Waals surface area contributed by atoms with Crippen molar-refractivity contribution in [1.82, 2.24) is 9.88 Å². The van der Waals surface area contributed by atoms with E-state index in [1.807, 2.05) is 12.1 Å². The van der Waals surface area contributed by atoms with Crippen molar-refractivity contribution in [2.75, 3.05) is 50.1 Å². The van der Waals surface area contributed by atoms with Gasteiger partial charge in [-0.05, 0) is 39.0 Å². The molecule has 3 aliphatic rings. The van der Waals surface area contributed by atoms with Crippen molar-refractivity contribution >= 4 is 74.2 Å². The number of benzene rings is 3. The van der Waals surface area contributed by atoms with E-state index in [0.717, 1.165) is 44.8 Å². The van der Waals surface area contributed by atoms with Gasteiger partial charge in [0.15, 0.2) is 16.9 Å². The Morgan fingerprint density at radius 1 is 0.985 bits per heavy atom. The standard InChI is InChI=1S/C50H62N4O12S/c1-11-16-53-17-19-54(20-18-53)31-22-33-38(34(67)23-31)51-39-35-36-43(58)29(7)46-37(35)48(60)50(9,66-46)63-21-15-32(62-10)26(4)45(64-30(8)55)28(6)42(57)27(5)41(56)24(2)13-12-14-25(3)49(61)52-40(44(36)59)47(39)65-33/h12-15,21-24,26-28,32,41-42,45,56-58,60H,11,16-20H2,1-10H3,(H,52,61)/b13-12+,21-15+,25-14-/t24-,26+,27+,28+,32-,41-,42+,45+,50?/m0/s1. The largest absolute Gasteiger partial charge is 0.507 e. The number of nitrogens with one attached hydrogen (secondary N) is 1. The Labute approximate surface area is 394 Å². The third kappa shape index (κ3) is 9.23. The molecule has 4 heterocycles. The fourth-order valence-electron chi connectivity index (χ4n) is 9.61. The van der Waals surface area contributed by atoms with Crippen molar-refractivity contribution < 1.29 is 53.4 Å². The molecule has 3 aliphatic heterocycles. The molecule has 17 heteroatoms. The Balaban J connectivity index is 1.46. The zero-order valence-corrected chi connectivity index (χ0v) is 40.5. The van der Waals surface area contributed by atoms with Gasteiger partial charge in [0.25, 0.3) is 5.91 Å². The number of methoxy groups -OCH3 is 1. The summed E-state index contributed by atoms with van der Waals surface area (Å²) in [6, 6.07) is 3.66. The van der Waals surface area contributed by atoms with Crippen molar-refractivity contribution in [2.45, 2.75) is 98.9 Å². The molecule has 4 aromatic rings. The first-order valence-corrected chi connectivity index (χ1v) is 23.2. The molecular weight excluding hydrogens is 881 g/mol. The van der Waals surface area contributed by atoms with E-state index < -0.39 is 82.7 Å². The number of phenols is 1. The van der Waals surface area contributed by atoms with Gasteiger partial charge < -0.3 is 54.0 Å². The van der Waals surface area contributed by atoms with Gasteiger partial charge in [-0.3, -0.25) is 19.3 Å². The first-order chi connectivity index (χ1) is 31.7. The number of amides is 1. The van der Waals surface area contributed by atoms with Crippen LogP contribution in [0.3, 0.4) is 0 Å². The van der Waals surface area contributed by atoms with Crippen LogP contribution in [0, 0.1) is 35.1 Å². The molecule has 5 bridgehead atoms. The molecule has 1 saturated heterocycles. The number of anilines is 2. The molecule has 1 amide bonds. The van der Waals surface area contributed by atoms with Crippen LogP contribution in [-0.4, -0.2) is 112 Å². The second kappa shape index (κ2) is 19.6. The third-order valence-electron chi connectivity index (χ3n) is 13.7. The number of fused-ring (bicyclic) bond motifs is 5. The van der Waals surface area contributed by atoms with Gasteiger partial charge in [-0.15, -0.1) is 0 Å². The van der Waals surface area contributed by atoms with Gasteiger partial charge in [-0.2, -0.15) is 0 Å². The third-order valence-corrected chi connectivity index (χ3v) is 14.0. The number of allylic oxidation sites excluding steroid dienone is 2. The van der Waals surface area contributed by atoms with Crippen molar-refractivity contribution in [2.24, 2.45) is 23.7 Å². The molecule has 3 aromatic carbocycles. The lowest BCUT2D eigenvalue weighted by molar-refractivity contribution is -0.160. The highest BCUT2D eigenvalue weighted by molar-refractivity contribution is 7.71. The molecule has 0 saturated carbocycles. The number of phenolic OH excluding ortho intramolecular Hbond substituents is 1. The number of aliphatic hydroxyl groups excluding tert-OH is 3. The van der Waals surface area contributed by atoms with E-state index in [1.165, 1.54) is 40.2 Å². The average Bonchev–Trinajstić information content (AvgIpc) is 3.56. The van der Waals surface area contributed by atoms with Crippen LogP contribution in [-0.2, 0) is 23.8 Å². The van der Waals surface area contributed by atoms with Crippen LogP contribution >= 0.6 is 12.2 Å². The number of aromatic nitrogens is 1. The van der Waals surface area contributed by atoms with Crippen LogP contribution < -0.4 is 25.6 Å². The lowest BCUT2D eigenvalue weighted by Crippen LogP contribution is -2.46. The van der Waals surface area contributed by atoms with Crippen LogP contribution in [0.1, 0.15) is 67.4 Å². The minimum Gasteiger partial charge on any atom is -0.507 e. The monoisotopic (exact) mass is 942 g/mol. The number of aliphatic hydroxyl groups is 3. The summed E-state index contributed by atoms with van der Waals surface area (Å²) in [5, 5.41) is 49.7. The topological polar surface area (TPSA) is 214 Å². The van der Waals surface area contributed by atoms with Crippen LogP contribution in [0.5, 0.6) is 11.5 Å². The van der Waals surface area contributed by atoms with Crippen molar-refractivity contribution in [1.29, 1.82) is 0 Å². The molecule has 16 nitrogen and oxygen atoms in total. The number of aromatic hydroxyl groups is 1. The van der Waals surface area contributed by atoms with E-state index in [9.17, 15) is 34.8 Å². The molecule has 7 rings (SSSR count). The summed E-state index contributed by atoms with van der Waals surface area (Å²) in [6.45, 7) is 19.2. The number of carbonyl (C=O) groups excluding carboxylic acids is 2. The maximum absolute atomic E-state index is 14.9. The normalized spacial score (nSPS) is 29.7. The predicted molar refractivity (Wildman–Crippen MR) is 259 cm³/mol. The number of nitrogens with zero attached hydrogens (tertiary/aromatic N) is 3. The molecule has 360 valence electrons. The van der Waals surface area contributed by atoms with Crippen molar-refractivity contribution in [3.63, 3.8) is 0 Å². The van der Waals surface area contributed by atoms with Crippen molar-refractivity contribution in [3.8, 4) is 11.5 Å². The number of hydrogen-bond acceptors (Lipinski definition) is 16. The van der Waals surface area contributed by atoms with Crippen LogP contribution in [0.2, 0.25) is 0 Å². The summed E-state index contributed by atoms with van der Waals surface area (Å²) in [4.78, 5) is 51.0. The van der Waals surface area contributed by atoms with E-state index in [1.54, 1.807) is 52.8 Å². The second-order valence-electron chi connectivity index (χ2n) is 18.4. The minimum absolute atomic E-state index is 0.0000632. The maximum atomic E-state index is 14.9. The molecule has 0 spiro atoms. The number of piperazine rings is 1. The first kappa shape index (κ1) is 49.3. The molecule has 1 aromatic heterocycles. The molecular formula is C50H62N4O12S. The maximum Gasteiger partial charge on any atom is 0.307 e. The zero-order valence-electron chi connectivity index (χ0n) is 39.7. The molecule has 9 atom stereocenters. The molecule has 67 heavy (non-hydrogen) atoms. The van der Waals surface area contributed by atoms with Crippen LogP contribution in [0.4, 0.5) is 11.4 Å². The van der Waals surface area contributed by atoms with E-state index in [2.05, 4.69) is 22.0 Å². The SMILES string of the molecule is CCCN1CCN(c2cc(=S)c3nc4c(oc3c2)c2c(=O)c3c(O)c(C)c5c(c34)=C(O)C(C)(O/C=C/[C@H](OC)[C@@H](C)[C@@H](OC(C)=O)[C@H](C)[C@H](O)[C@H](C)[C@@H](O)[C@@H](C)/C=C/C=C(/C)C(=O)N2)O5)CC1. The van der Waals surface area contributed by atoms with Gasteiger partial charge in [0.2, 0.25) is 5.43 Å². The Morgan fingerprint density at radius 3 is 2.34 bits per heavy atom. The summed E-state index contributed by atoms with van der Waals surface area (Å²) < 4.78 is 31.1. The van der Waals surface area contributed by atoms with Crippen molar-refractivity contribution in [3.05, 3.63) is 73.8 Å². The molecule has 0 aliphatic carbocycles. The Morgan fingerprint density at radius 2 is 1.69 bits per heavy atom. The predicted octanol–water partition coefficient (Wildman–Crippen LogP) is 6.46. The van der Waals surface area contributed by atoms with Gasteiger partial charge in [0, 0.05) is 99.1 Å². The molecule has 0 radical (unpaired) electrons. The van der Waals surface area contributed by atoms with Gasteiger partial charge >= 0.3 is 11.8 Å². The zero-order chi connectivity index (χ0) is 48.8. The quantitative estimate of drug-likeness (QED) is 0.0629. The van der Waals surface area contributed by atoms with Crippen LogP contribution in [0.15, 0.2) is 57.5 Å². The van der Waals surface area contributed by atoms with Gasteiger partial charge in [-0.1, -0.05) is 65.1 Å². The Hall–Kier alpha value is -5.59. The molecule has 1 fully saturated rings. The molecule has 1 unspecified atom stereocenters. The van der Waals surface area contributed by atoms with Gasteiger partial charge in [0.05, 0.1) is 39.7 Å². The Kier molecular flexibility index (Phi) is 14.4. The second-order valence-corrected chi connectivity index (χ2v) is 18.8. The smallest absolute Gasteiger partial charge is 0.307 e. The summed E-state index contributed by atoms with van der Waals surface area (Å²) in [6.07, 6.45) is 4.81. The number of ether oxygens (including phenoxy) is 4. The summed E-state index contributed by atoms with van der Waals surface area (Å²) in [7, 11) is 1.46. The van der Waals surface area contributed by atoms with Gasteiger partial charge in [0.1, 0.15) is 34.3 Å². The highest BCUT2D eigenvalue weighted by Crippen LogP contribution is 2.43. The summed E-state index contributed by atoms with van der Waals surface area (Å²) >= 11 is 5.94. The number of hydrogen-bond donors (Lipinski definition) is 5. The number of carbonyl (C=O) groups is 2. The number of esters is 1. The highest BCUT2D eigenvalue weighted by atomic mass is 32.1. The van der Waals surface area contributed by atoms with E-state index in [4.69, 9.17) is 40.6 Å². The lowest BCUT2D eigenvalue weighted by atomic mass is 9.78. The van der Waals surface area contributed by atoms with Gasteiger partial charge in [-0.25, -0.2) is 4.98 Å².